The number of ether oxygens (including phenoxy) is 2. The van der Waals surface area contributed by atoms with Gasteiger partial charge >= 0.3 is 0 Å². The summed E-state index contributed by atoms with van der Waals surface area (Å²) in [5.74, 6) is 1.88. The summed E-state index contributed by atoms with van der Waals surface area (Å²) >= 11 is 3.53. The van der Waals surface area contributed by atoms with Crippen LogP contribution in [0.4, 0.5) is 0 Å². The monoisotopic (exact) mass is 335 g/mol. The number of hydrogen-bond acceptors (Lipinski definition) is 3. The van der Waals surface area contributed by atoms with E-state index in [1.54, 1.807) is 7.11 Å². The van der Waals surface area contributed by atoms with Crippen molar-refractivity contribution in [3.05, 3.63) is 46.1 Å². The topological polar surface area (TPSA) is 30.5 Å². The molecule has 0 unspecified atom stereocenters. The number of benzene rings is 1. The Hall–Kier alpha value is -1.26. The van der Waals surface area contributed by atoms with Crippen molar-refractivity contribution >= 4 is 21.5 Å². The van der Waals surface area contributed by atoms with E-state index in [-0.39, 0.29) is 6.10 Å². The zero-order valence-corrected chi connectivity index (χ0v) is 13.1. The van der Waals surface area contributed by atoms with Crippen LogP contribution < -0.4 is 10.1 Å². The maximum atomic E-state index is 6.10. The van der Waals surface area contributed by atoms with Crippen molar-refractivity contribution in [1.29, 1.82) is 0 Å². The van der Waals surface area contributed by atoms with Crippen LogP contribution in [0.1, 0.15) is 18.4 Å². The minimum Gasteiger partial charge on any atom is -0.496 e. The van der Waals surface area contributed by atoms with E-state index in [0.29, 0.717) is 0 Å². The Kier molecular flexibility index (Phi) is 4.13. The fourth-order valence-electron chi connectivity index (χ4n) is 2.47. The molecule has 1 fully saturated rings. The van der Waals surface area contributed by atoms with E-state index in [2.05, 4.69) is 45.5 Å². The Morgan fingerprint density at radius 3 is 2.85 bits per heavy atom. The average Bonchev–Trinajstić information content (AvgIpc) is 2.43. The van der Waals surface area contributed by atoms with E-state index >= 15 is 0 Å². The SMILES string of the molecule is COC1=C(c2ccc(Br)cc2OC2CNC2)CCC=C1. The van der Waals surface area contributed by atoms with Gasteiger partial charge in [0.2, 0.25) is 0 Å². The molecule has 0 saturated carbocycles. The lowest BCUT2D eigenvalue weighted by Gasteiger charge is -2.29. The molecule has 0 radical (unpaired) electrons. The van der Waals surface area contributed by atoms with Crippen LogP contribution in [0.2, 0.25) is 0 Å². The quantitative estimate of drug-likeness (QED) is 0.913. The first kappa shape index (κ1) is 13.7. The highest BCUT2D eigenvalue weighted by molar-refractivity contribution is 9.10. The zero-order valence-electron chi connectivity index (χ0n) is 11.5. The summed E-state index contributed by atoms with van der Waals surface area (Å²) in [5, 5.41) is 3.23. The predicted octanol–water partition coefficient (Wildman–Crippen LogP) is 3.51. The molecule has 20 heavy (non-hydrogen) atoms. The molecule has 1 N–H and O–H groups in total. The lowest BCUT2D eigenvalue weighted by atomic mass is 9.95. The number of rotatable bonds is 4. The summed E-state index contributed by atoms with van der Waals surface area (Å²) in [5.41, 5.74) is 2.37. The predicted molar refractivity (Wildman–Crippen MR) is 83.7 cm³/mol. The van der Waals surface area contributed by atoms with Crippen LogP contribution >= 0.6 is 15.9 Å². The number of halogens is 1. The minimum absolute atomic E-state index is 0.272. The lowest BCUT2D eigenvalue weighted by molar-refractivity contribution is 0.141. The second-order valence-electron chi connectivity index (χ2n) is 5.03. The van der Waals surface area contributed by atoms with Crippen molar-refractivity contribution in [2.75, 3.05) is 20.2 Å². The second-order valence-corrected chi connectivity index (χ2v) is 5.94. The highest BCUT2D eigenvalue weighted by atomic mass is 79.9. The molecule has 1 aromatic rings. The summed E-state index contributed by atoms with van der Waals surface area (Å²) in [7, 11) is 1.72. The van der Waals surface area contributed by atoms with Crippen LogP contribution in [0.15, 0.2) is 40.6 Å². The van der Waals surface area contributed by atoms with Crippen LogP contribution in [0, 0.1) is 0 Å². The highest BCUT2D eigenvalue weighted by Crippen LogP contribution is 2.36. The maximum absolute atomic E-state index is 6.10. The van der Waals surface area contributed by atoms with Crippen LogP contribution in [0.25, 0.3) is 5.57 Å². The third-order valence-electron chi connectivity index (χ3n) is 3.65. The van der Waals surface area contributed by atoms with E-state index in [9.17, 15) is 0 Å². The molecule has 1 aromatic carbocycles. The third kappa shape index (κ3) is 2.76. The van der Waals surface area contributed by atoms with Gasteiger partial charge in [-0.3, -0.25) is 0 Å². The fourth-order valence-corrected chi connectivity index (χ4v) is 2.81. The highest BCUT2D eigenvalue weighted by Gasteiger charge is 2.22. The molecule has 1 heterocycles. The van der Waals surface area contributed by atoms with Crippen molar-refractivity contribution in [2.24, 2.45) is 0 Å². The maximum Gasteiger partial charge on any atom is 0.128 e. The van der Waals surface area contributed by atoms with Crippen LogP contribution in [0.3, 0.4) is 0 Å². The molecule has 3 rings (SSSR count). The van der Waals surface area contributed by atoms with Gasteiger partial charge in [0.25, 0.3) is 0 Å². The Labute approximate surface area is 127 Å². The molecule has 2 aliphatic rings. The zero-order chi connectivity index (χ0) is 13.9. The Morgan fingerprint density at radius 1 is 1.30 bits per heavy atom. The first-order valence-electron chi connectivity index (χ1n) is 6.89. The van der Waals surface area contributed by atoms with Gasteiger partial charge in [-0.15, -0.1) is 0 Å². The largest absolute Gasteiger partial charge is 0.496 e. The van der Waals surface area contributed by atoms with Gasteiger partial charge in [-0.1, -0.05) is 22.0 Å². The smallest absolute Gasteiger partial charge is 0.128 e. The summed E-state index contributed by atoms with van der Waals surface area (Å²) < 4.78 is 12.6. The van der Waals surface area contributed by atoms with E-state index in [4.69, 9.17) is 9.47 Å². The molecule has 0 amide bonds. The van der Waals surface area contributed by atoms with Crippen LogP contribution in [-0.4, -0.2) is 26.3 Å². The van der Waals surface area contributed by atoms with Gasteiger partial charge < -0.3 is 14.8 Å². The first-order chi connectivity index (χ1) is 9.78. The Balaban J connectivity index is 1.98. The van der Waals surface area contributed by atoms with Crippen molar-refractivity contribution in [3.8, 4) is 5.75 Å². The van der Waals surface area contributed by atoms with Crippen molar-refractivity contribution < 1.29 is 9.47 Å². The van der Waals surface area contributed by atoms with Crippen LogP contribution in [0.5, 0.6) is 5.75 Å². The van der Waals surface area contributed by atoms with Gasteiger partial charge in [-0.25, -0.2) is 0 Å². The van der Waals surface area contributed by atoms with Gasteiger partial charge in [0.1, 0.15) is 17.6 Å². The lowest BCUT2D eigenvalue weighted by Crippen LogP contribution is -2.50. The Morgan fingerprint density at radius 2 is 2.15 bits per heavy atom. The normalized spacial score (nSPS) is 18.9. The van der Waals surface area contributed by atoms with E-state index in [1.165, 1.54) is 5.57 Å². The van der Waals surface area contributed by atoms with Gasteiger partial charge in [0.05, 0.1) is 7.11 Å². The number of allylic oxidation sites excluding steroid dienone is 3. The molecular formula is C16H18BrNO2. The summed E-state index contributed by atoms with van der Waals surface area (Å²) in [6.07, 6.45) is 6.50. The summed E-state index contributed by atoms with van der Waals surface area (Å²) in [6, 6.07) is 6.21. The van der Waals surface area contributed by atoms with E-state index < -0.39 is 0 Å². The molecule has 3 nitrogen and oxygen atoms in total. The summed E-state index contributed by atoms with van der Waals surface area (Å²) in [6.45, 7) is 1.84. The first-order valence-corrected chi connectivity index (χ1v) is 7.68. The molecule has 0 atom stereocenters. The van der Waals surface area contributed by atoms with Gasteiger partial charge in [0.15, 0.2) is 0 Å². The second kappa shape index (κ2) is 6.02. The van der Waals surface area contributed by atoms with Crippen molar-refractivity contribution in [1.82, 2.24) is 5.32 Å². The van der Waals surface area contributed by atoms with Crippen molar-refractivity contribution in [3.63, 3.8) is 0 Å². The van der Waals surface area contributed by atoms with Crippen molar-refractivity contribution in [2.45, 2.75) is 18.9 Å². The number of hydrogen-bond donors (Lipinski definition) is 1. The molecule has 1 aliphatic carbocycles. The van der Waals surface area contributed by atoms with Gasteiger partial charge in [-0.2, -0.15) is 0 Å². The van der Waals surface area contributed by atoms with Gasteiger partial charge in [-0.05, 0) is 37.1 Å². The number of nitrogens with one attached hydrogen (secondary N) is 1. The number of methoxy groups -OCH3 is 1. The third-order valence-corrected chi connectivity index (χ3v) is 4.15. The molecular weight excluding hydrogens is 318 g/mol. The van der Waals surface area contributed by atoms with E-state index in [0.717, 1.165) is 47.5 Å². The molecule has 0 aromatic heterocycles. The van der Waals surface area contributed by atoms with Gasteiger partial charge in [0, 0.05) is 28.7 Å². The van der Waals surface area contributed by atoms with Crippen LogP contribution in [-0.2, 0) is 4.74 Å². The fraction of sp³-hybridized carbons (Fsp3) is 0.375. The Bertz CT molecular complexity index is 562. The minimum atomic E-state index is 0.272. The standard InChI is InChI=1S/C16H18BrNO2/c1-19-15-5-3-2-4-13(15)14-7-6-11(17)8-16(14)20-12-9-18-10-12/h3,5-8,12,18H,2,4,9-10H2,1H3. The molecule has 106 valence electrons. The summed E-state index contributed by atoms with van der Waals surface area (Å²) in [4.78, 5) is 0. The molecule has 1 aliphatic heterocycles. The van der Waals surface area contributed by atoms with E-state index in [1.807, 2.05) is 6.07 Å². The molecule has 1 saturated heterocycles. The molecule has 4 heteroatoms. The molecule has 0 spiro atoms. The average molecular weight is 336 g/mol. The molecule has 0 bridgehead atoms.